The van der Waals surface area contributed by atoms with Crippen molar-refractivity contribution in [1.29, 1.82) is 0 Å². The van der Waals surface area contributed by atoms with E-state index in [9.17, 15) is 0 Å². The van der Waals surface area contributed by atoms with Gasteiger partial charge in [-0.15, -0.1) is 0 Å². The Morgan fingerprint density at radius 2 is 1.62 bits per heavy atom. The molecule has 0 saturated heterocycles. The molecule has 3 N–H and O–H groups in total. The molecule has 0 radical (unpaired) electrons. The van der Waals surface area contributed by atoms with Gasteiger partial charge < -0.3 is 16.0 Å². The normalized spacial score (nSPS) is 10.5. The molecular formula is C15H16Cl3N3. The molecule has 21 heavy (non-hydrogen) atoms. The molecule has 0 heterocycles. The van der Waals surface area contributed by atoms with Gasteiger partial charge in [0, 0.05) is 37.0 Å². The fourth-order valence-corrected chi connectivity index (χ4v) is 2.57. The van der Waals surface area contributed by atoms with Gasteiger partial charge in [0.2, 0.25) is 0 Å². The lowest BCUT2D eigenvalue weighted by molar-refractivity contribution is 1.11. The fourth-order valence-electron chi connectivity index (χ4n) is 1.84. The summed E-state index contributed by atoms with van der Waals surface area (Å²) in [5.41, 5.74) is 8.94. The van der Waals surface area contributed by atoms with Gasteiger partial charge in [-0.1, -0.05) is 40.9 Å². The van der Waals surface area contributed by atoms with Crippen molar-refractivity contribution in [2.75, 3.05) is 30.0 Å². The van der Waals surface area contributed by atoms with Crippen LogP contribution in [0.4, 0.5) is 17.1 Å². The van der Waals surface area contributed by atoms with Gasteiger partial charge in [-0.25, -0.2) is 0 Å². The van der Waals surface area contributed by atoms with E-state index in [0.29, 0.717) is 27.3 Å². The van der Waals surface area contributed by atoms with Crippen molar-refractivity contribution in [3.63, 3.8) is 0 Å². The number of hydrogen-bond donors (Lipinski definition) is 2. The second-order valence-electron chi connectivity index (χ2n) is 4.88. The van der Waals surface area contributed by atoms with Gasteiger partial charge in [0.15, 0.2) is 0 Å². The fraction of sp³-hybridized carbons (Fsp3) is 0.200. The molecule has 0 spiro atoms. The summed E-state index contributed by atoms with van der Waals surface area (Å²) in [6.45, 7) is 0.573. The zero-order valence-corrected chi connectivity index (χ0v) is 14.0. The standard InChI is InChI=1S/C15H16Cl3N3/c1-21(2)11-4-3-9(12(16)7-11)8-20-10-5-13(17)15(19)14(18)6-10/h3-7,20H,8,19H2,1-2H3. The van der Waals surface area contributed by atoms with Gasteiger partial charge in [-0.2, -0.15) is 0 Å². The molecule has 2 aromatic rings. The zero-order valence-electron chi connectivity index (χ0n) is 11.8. The molecule has 2 rings (SSSR count). The number of anilines is 3. The van der Waals surface area contributed by atoms with Gasteiger partial charge in [-0.3, -0.25) is 0 Å². The summed E-state index contributed by atoms with van der Waals surface area (Å²) in [6.07, 6.45) is 0. The van der Waals surface area contributed by atoms with E-state index in [1.165, 1.54) is 0 Å². The Bertz CT molecular complexity index is 634. The molecule has 6 heteroatoms. The van der Waals surface area contributed by atoms with Crippen LogP contribution in [0.25, 0.3) is 0 Å². The number of benzene rings is 2. The first-order valence-corrected chi connectivity index (χ1v) is 7.46. The van der Waals surface area contributed by atoms with Crippen molar-refractivity contribution in [2.24, 2.45) is 0 Å². The minimum absolute atomic E-state index is 0.386. The monoisotopic (exact) mass is 343 g/mol. The van der Waals surface area contributed by atoms with Crippen LogP contribution < -0.4 is 16.0 Å². The van der Waals surface area contributed by atoms with Crippen molar-refractivity contribution < 1.29 is 0 Å². The lowest BCUT2D eigenvalue weighted by Gasteiger charge is -2.15. The molecule has 0 aliphatic carbocycles. The van der Waals surface area contributed by atoms with Crippen LogP contribution >= 0.6 is 34.8 Å². The second-order valence-corrected chi connectivity index (χ2v) is 6.10. The van der Waals surface area contributed by atoms with E-state index >= 15 is 0 Å². The minimum atomic E-state index is 0.386. The molecule has 0 fully saturated rings. The van der Waals surface area contributed by atoms with Crippen molar-refractivity contribution in [3.8, 4) is 0 Å². The maximum absolute atomic E-state index is 6.29. The maximum atomic E-state index is 6.29. The Kier molecular flexibility index (Phi) is 5.09. The number of nitrogen functional groups attached to an aromatic ring is 1. The molecule has 0 atom stereocenters. The van der Waals surface area contributed by atoms with Crippen LogP contribution in [-0.2, 0) is 6.54 Å². The highest BCUT2D eigenvalue weighted by molar-refractivity contribution is 6.39. The van der Waals surface area contributed by atoms with Gasteiger partial charge in [0.25, 0.3) is 0 Å². The van der Waals surface area contributed by atoms with Crippen molar-refractivity contribution >= 4 is 51.9 Å². The summed E-state index contributed by atoms with van der Waals surface area (Å²) in [4.78, 5) is 2.00. The third kappa shape index (κ3) is 3.88. The van der Waals surface area contributed by atoms with Crippen LogP contribution in [0.5, 0.6) is 0 Å². The van der Waals surface area contributed by atoms with E-state index in [2.05, 4.69) is 5.32 Å². The lowest BCUT2D eigenvalue weighted by Crippen LogP contribution is -2.09. The summed E-state index contributed by atoms with van der Waals surface area (Å²) < 4.78 is 0. The van der Waals surface area contributed by atoms with Crippen LogP contribution in [0.15, 0.2) is 30.3 Å². The molecule has 3 nitrogen and oxygen atoms in total. The average molecular weight is 345 g/mol. The Morgan fingerprint density at radius 1 is 1.00 bits per heavy atom. The van der Waals surface area contributed by atoms with Crippen molar-refractivity contribution in [3.05, 3.63) is 51.0 Å². The maximum Gasteiger partial charge on any atom is 0.0694 e. The van der Waals surface area contributed by atoms with Crippen molar-refractivity contribution in [1.82, 2.24) is 0 Å². The van der Waals surface area contributed by atoms with Crippen LogP contribution in [0.2, 0.25) is 15.1 Å². The summed E-state index contributed by atoms with van der Waals surface area (Å²) in [5, 5.41) is 4.81. The highest BCUT2D eigenvalue weighted by atomic mass is 35.5. The number of nitrogens with zero attached hydrogens (tertiary/aromatic N) is 1. The zero-order chi connectivity index (χ0) is 15.6. The Morgan fingerprint density at radius 3 is 2.14 bits per heavy atom. The second kappa shape index (κ2) is 6.65. The number of rotatable bonds is 4. The minimum Gasteiger partial charge on any atom is -0.396 e. The summed E-state index contributed by atoms with van der Waals surface area (Å²) >= 11 is 18.3. The molecule has 0 unspecified atom stereocenters. The Balaban J connectivity index is 2.13. The van der Waals surface area contributed by atoms with Gasteiger partial charge in [0.05, 0.1) is 15.7 Å². The number of nitrogens with one attached hydrogen (secondary N) is 1. The van der Waals surface area contributed by atoms with E-state index in [0.717, 1.165) is 16.9 Å². The van der Waals surface area contributed by atoms with Gasteiger partial charge in [0.1, 0.15) is 0 Å². The molecule has 0 bridgehead atoms. The molecule has 0 amide bonds. The van der Waals surface area contributed by atoms with Gasteiger partial charge >= 0.3 is 0 Å². The predicted molar refractivity (Wildman–Crippen MR) is 94.0 cm³/mol. The Labute approximate surface area is 139 Å². The largest absolute Gasteiger partial charge is 0.396 e. The van der Waals surface area contributed by atoms with E-state index < -0.39 is 0 Å². The molecule has 0 aliphatic heterocycles. The molecular weight excluding hydrogens is 329 g/mol. The molecule has 112 valence electrons. The highest BCUT2D eigenvalue weighted by Gasteiger charge is 2.07. The SMILES string of the molecule is CN(C)c1ccc(CNc2cc(Cl)c(N)c(Cl)c2)c(Cl)c1. The first kappa shape index (κ1) is 16.1. The lowest BCUT2D eigenvalue weighted by atomic mass is 10.2. The van der Waals surface area contributed by atoms with E-state index in [1.807, 2.05) is 37.2 Å². The number of halogens is 3. The van der Waals surface area contributed by atoms with Crippen LogP contribution in [0.1, 0.15) is 5.56 Å². The first-order chi connectivity index (χ1) is 9.88. The molecule has 0 aliphatic rings. The van der Waals surface area contributed by atoms with E-state index in [-0.39, 0.29) is 0 Å². The van der Waals surface area contributed by atoms with Crippen molar-refractivity contribution in [2.45, 2.75) is 6.54 Å². The highest BCUT2D eigenvalue weighted by Crippen LogP contribution is 2.31. The summed E-state index contributed by atoms with van der Waals surface area (Å²) in [7, 11) is 3.95. The van der Waals surface area contributed by atoms with E-state index in [1.54, 1.807) is 12.1 Å². The predicted octanol–water partition coefficient (Wildman–Crippen LogP) is 4.91. The third-order valence-corrected chi connectivity index (χ3v) is 4.09. The Hall–Kier alpha value is -1.29. The third-order valence-electron chi connectivity index (χ3n) is 3.12. The molecule has 2 aromatic carbocycles. The topological polar surface area (TPSA) is 41.3 Å². The van der Waals surface area contributed by atoms with Gasteiger partial charge in [-0.05, 0) is 29.8 Å². The summed E-state index contributed by atoms with van der Waals surface area (Å²) in [6, 6.07) is 9.42. The first-order valence-electron chi connectivity index (χ1n) is 6.32. The molecule has 0 saturated carbocycles. The van der Waals surface area contributed by atoms with Crippen LogP contribution in [-0.4, -0.2) is 14.1 Å². The molecule has 0 aromatic heterocycles. The van der Waals surface area contributed by atoms with E-state index in [4.69, 9.17) is 40.5 Å². The number of nitrogens with two attached hydrogens (primary N) is 1. The summed E-state index contributed by atoms with van der Waals surface area (Å²) in [5.74, 6) is 0. The average Bonchev–Trinajstić information content (AvgIpc) is 2.43. The quantitative estimate of drug-likeness (QED) is 0.775. The van der Waals surface area contributed by atoms with Crippen LogP contribution in [0, 0.1) is 0 Å². The smallest absolute Gasteiger partial charge is 0.0694 e. The number of hydrogen-bond acceptors (Lipinski definition) is 3. The van der Waals surface area contributed by atoms with Crippen LogP contribution in [0.3, 0.4) is 0 Å².